The molecule has 1 aliphatic heterocycles. The van der Waals surface area contributed by atoms with Crippen LogP contribution in [0.5, 0.6) is 0 Å². The van der Waals surface area contributed by atoms with Crippen LogP contribution in [-0.4, -0.2) is 42.0 Å². The first-order valence-electron chi connectivity index (χ1n) is 6.18. The van der Waals surface area contributed by atoms with Gasteiger partial charge in [-0.2, -0.15) is 0 Å². The molecule has 2 aliphatic rings. The molecular weight excluding hydrogens is 214 g/mol. The van der Waals surface area contributed by atoms with Gasteiger partial charge in [0.1, 0.15) is 5.82 Å². The van der Waals surface area contributed by atoms with Crippen LogP contribution in [0.2, 0.25) is 0 Å². The van der Waals surface area contributed by atoms with Gasteiger partial charge in [0.05, 0.1) is 6.04 Å². The summed E-state index contributed by atoms with van der Waals surface area (Å²) in [5, 5.41) is 0. The van der Waals surface area contributed by atoms with Crippen LogP contribution in [-0.2, 0) is 4.79 Å². The van der Waals surface area contributed by atoms with Crippen LogP contribution >= 0.6 is 0 Å². The highest BCUT2D eigenvalue weighted by Crippen LogP contribution is 2.32. The van der Waals surface area contributed by atoms with Gasteiger partial charge in [-0.25, -0.2) is 4.98 Å². The predicted molar refractivity (Wildman–Crippen MR) is 65.7 cm³/mol. The van der Waals surface area contributed by atoms with E-state index in [0.717, 1.165) is 31.7 Å². The Kier molecular flexibility index (Phi) is 2.50. The van der Waals surface area contributed by atoms with Gasteiger partial charge in [-0.05, 0) is 25.0 Å². The van der Waals surface area contributed by atoms with E-state index in [1.165, 1.54) is 0 Å². The van der Waals surface area contributed by atoms with Gasteiger partial charge in [-0.1, -0.05) is 6.07 Å². The Bertz CT molecular complexity index is 410. The molecule has 0 aromatic carbocycles. The second-order valence-electron chi connectivity index (χ2n) is 4.97. The highest BCUT2D eigenvalue weighted by molar-refractivity contribution is 5.81. The zero-order valence-electron chi connectivity index (χ0n) is 10.0. The molecule has 3 rings (SSSR count). The molecule has 0 N–H and O–H groups in total. The molecule has 0 atom stereocenters. The largest absolute Gasteiger partial charge is 0.352 e. The zero-order chi connectivity index (χ0) is 11.8. The Labute approximate surface area is 101 Å². The normalized spacial score (nSPS) is 19.9. The number of pyridine rings is 1. The molecule has 1 saturated carbocycles. The van der Waals surface area contributed by atoms with Crippen molar-refractivity contribution in [1.82, 2.24) is 9.88 Å². The van der Waals surface area contributed by atoms with E-state index in [0.29, 0.717) is 17.9 Å². The molecule has 0 bridgehead atoms. The second kappa shape index (κ2) is 4.02. The average molecular weight is 231 g/mol. The van der Waals surface area contributed by atoms with E-state index in [2.05, 4.69) is 9.88 Å². The summed E-state index contributed by atoms with van der Waals surface area (Å²) in [6, 6.07) is 6.29. The van der Waals surface area contributed by atoms with Gasteiger partial charge in [0.15, 0.2) is 0 Å². The molecule has 90 valence electrons. The van der Waals surface area contributed by atoms with Crippen molar-refractivity contribution in [2.24, 2.45) is 5.92 Å². The molecule has 1 aromatic rings. The Morgan fingerprint density at radius 3 is 2.76 bits per heavy atom. The highest BCUT2D eigenvalue weighted by atomic mass is 16.2. The third-order valence-electron chi connectivity index (χ3n) is 3.66. The molecule has 1 aliphatic carbocycles. The van der Waals surface area contributed by atoms with E-state index in [1.807, 2.05) is 36.3 Å². The topological polar surface area (TPSA) is 36.4 Å². The standard InChI is InChI=1S/C13H17N3O/c1-15(13(17)10-5-6-10)11-8-16(9-11)12-4-2-3-7-14-12/h2-4,7,10-11H,5-6,8-9H2,1H3. The molecule has 1 aromatic heterocycles. The van der Waals surface area contributed by atoms with Gasteiger partial charge in [0.2, 0.25) is 5.91 Å². The minimum atomic E-state index is 0.323. The van der Waals surface area contributed by atoms with Crippen LogP contribution < -0.4 is 4.90 Å². The summed E-state index contributed by atoms with van der Waals surface area (Å²) in [7, 11) is 1.93. The summed E-state index contributed by atoms with van der Waals surface area (Å²) >= 11 is 0. The highest BCUT2D eigenvalue weighted by Gasteiger charge is 2.38. The lowest BCUT2D eigenvalue weighted by Gasteiger charge is -2.44. The van der Waals surface area contributed by atoms with Crippen LogP contribution in [0.4, 0.5) is 5.82 Å². The van der Waals surface area contributed by atoms with Crippen LogP contribution in [0.1, 0.15) is 12.8 Å². The summed E-state index contributed by atoms with van der Waals surface area (Å²) in [4.78, 5) is 20.3. The lowest BCUT2D eigenvalue weighted by atomic mass is 10.1. The second-order valence-corrected chi connectivity index (χ2v) is 4.97. The molecule has 1 amide bonds. The van der Waals surface area contributed by atoms with Gasteiger partial charge < -0.3 is 9.80 Å². The SMILES string of the molecule is CN(C(=O)C1CC1)C1CN(c2ccccn2)C1. The minimum absolute atomic E-state index is 0.323. The van der Waals surface area contributed by atoms with E-state index in [4.69, 9.17) is 0 Å². The van der Waals surface area contributed by atoms with Gasteiger partial charge in [-0.15, -0.1) is 0 Å². The molecule has 17 heavy (non-hydrogen) atoms. The van der Waals surface area contributed by atoms with Crippen molar-refractivity contribution < 1.29 is 4.79 Å². The van der Waals surface area contributed by atoms with Crippen molar-refractivity contribution in [3.8, 4) is 0 Å². The van der Waals surface area contributed by atoms with E-state index in [1.54, 1.807) is 0 Å². The van der Waals surface area contributed by atoms with Crippen LogP contribution in [0.15, 0.2) is 24.4 Å². The Morgan fingerprint density at radius 2 is 2.18 bits per heavy atom. The quantitative estimate of drug-likeness (QED) is 0.782. The average Bonchev–Trinajstić information content (AvgIpc) is 3.11. The van der Waals surface area contributed by atoms with Crippen LogP contribution in [0.25, 0.3) is 0 Å². The first-order valence-corrected chi connectivity index (χ1v) is 6.18. The van der Waals surface area contributed by atoms with Crippen molar-refractivity contribution in [1.29, 1.82) is 0 Å². The van der Waals surface area contributed by atoms with E-state index in [-0.39, 0.29) is 0 Å². The number of nitrogens with zero attached hydrogens (tertiary/aromatic N) is 3. The van der Waals surface area contributed by atoms with Gasteiger partial charge >= 0.3 is 0 Å². The number of likely N-dealkylation sites (N-methyl/N-ethyl adjacent to an activating group) is 1. The van der Waals surface area contributed by atoms with Crippen molar-refractivity contribution in [3.05, 3.63) is 24.4 Å². The molecule has 4 heteroatoms. The van der Waals surface area contributed by atoms with Crippen LogP contribution in [0, 0.1) is 5.92 Å². The number of hydrogen-bond donors (Lipinski definition) is 0. The fourth-order valence-electron chi connectivity index (χ4n) is 2.23. The molecule has 1 saturated heterocycles. The van der Waals surface area contributed by atoms with Crippen LogP contribution in [0.3, 0.4) is 0 Å². The van der Waals surface area contributed by atoms with Crippen molar-refractivity contribution in [3.63, 3.8) is 0 Å². The lowest BCUT2D eigenvalue weighted by molar-refractivity contribution is -0.133. The minimum Gasteiger partial charge on any atom is -0.352 e. The predicted octanol–water partition coefficient (Wildman–Crippen LogP) is 1.14. The number of aromatic nitrogens is 1. The third-order valence-corrected chi connectivity index (χ3v) is 3.66. The number of rotatable bonds is 3. The van der Waals surface area contributed by atoms with Crippen molar-refractivity contribution in [2.45, 2.75) is 18.9 Å². The number of carbonyl (C=O) groups is 1. The summed E-state index contributed by atoms with van der Waals surface area (Å²) in [6.07, 6.45) is 3.97. The molecule has 4 nitrogen and oxygen atoms in total. The summed E-state index contributed by atoms with van der Waals surface area (Å²) in [6.45, 7) is 1.82. The first kappa shape index (κ1) is 10.6. The van der Waals surface area contributed by atoms with Crippen molar-refractivity contribution in [2.75, 3.05) is 25.0 Å². The summed E-state index contributed by atoms with van der Waals surface area (Å²) < 4.78 is 0. The first-order chi connectivity index (χ1) is 8.25. The Morgan fingerprint density at radius 1 is 1.41 bits per heavy atom. The Hall–Kier alpha value is -1.58. The zero-order valence-corrected chi connectivity index (χ0v) is 10.0. The van der Waals surface area contributed by atoms with Gasteiger partial charge in [0, 0.05) is 32.3 Å². The maximum absolute atomic E-state index is 11.9. The molecule has 2 fully saturated rings. The third kappa shape index (κ3) is 1.99. The number of anilines is 1. The Balaban J connectivity index is 1.55. The van der Waals surface area contributed by atoms with Crippen molar-refractivity contribution >= 4 is 11.7 Å². The van der Waals surface area contributed by atoms with E-state index >= 15 is 0 Å². The maximum Gasteiger partial charge on any atom is 0.225 e. The number of hydrogen-bond acceptors (Lipinski definition) is 3. The monoisotopic (exact) mass is 231 g/mol. The van der Waals surface area contributed by atoms with Gasteiger partial charge in [-0.3, -0.25) is 4.79 Å². The van der Waals surface area contributed by atoms with E-state index < -0.39 is 0 Å². The molecule has 0 radical (unpaired) electrons. The lowest BCUT2D eigenvalue weighted by Crippen LogP contribution is -2.60. The summed E-state index contributed by atoms with van der Waals surface area (Å²) in [5.41, 5.74) is 0. The van der Waals surface area contributed by atoms with E-state index in [9.17, 15) is 4.79 Å². The molecule has 2 heterocycles. The van der Waals surface area contributed by atoms with Gasteiger partial charge in [0.25, 0.3) is 0 Å². The smallest absolute Gasteiger partial charge is 0.225 e. The number of carbonyl (C=O) groups excluding carboxylic acids is 1. The molecule has 0 unspecified atom stereocenters. The number of amides is 1. The maximum atomic E-state index is 11.9. The molecular formula is C13H17N3O. The summed E-state index contributed by atoms with van der Waals surface area (Å²) in [5.74, 6) is 1.66. The fraction of sp³-hybridized carbons (Fsp3) is 0.538. The molecule has 0 spiro atoms. The fourth-order valence-corrected chi connectivity index (χ4v) is 2.23.